The van der Waals surface area contributed by atoms with E-state index < -0.39 is 0 Å². The number of aromatic hydroxyl groups is 1. The summed E-state index contributed by atoms with van der Waals surface area (Å²) < 4.78 is 5.38. The van der Waals surface area contributed by atoms with Gasteiger partial charge in [0.2, 0.25) is 0 Å². The molecule has 1 aliphatic heterocycles. The van der Waals surface area contributed by atoms with E-state index in [1.807, 2.05) is 36.8 Å². The van der Waals surface area contributed by atoms with Crippen LogP contribution in [-0.4, -0.2) is 36.2 Å². The minimum Gasteiger partial charge on any atom is -0.504 e. The average molecular weight is 352 g/mol. The SMILES string of the molecule is COc1cc2nc3c(cc2c(CN(C)C)c1O)CSc1ccccc1-3. The highest BCUT2D eigenvalue weighted by Crippen LogP contribution is 2.44. The number of hydrogen-bond donors (Lipinski definition) is 1. The van der Waals surface area contributed by atoms with E-state index in [1.165, 1.54) is 16.0 Å². The number of ether oxygens (including phenoxy) is 1. The summed E-state index contributed by atoms with van der Waals surface area (Å²) in [6.07, 6.45) is 0. The molecule has 0 radical (unpaired) electrons. The molecule has 0 saturated heterocycles. The number of rotatable bonds is 3. The standard InChI is InChI=1S/C20H20N2O2S/c1-22(2)10-15-14-8-12-11-25-18-7-5-4-6-13(18)19(12)21-16(14)9-17(24-3)20(15)23/h4-9,23H,10-11H2,1-3H3. The number of fused-ring (bicyclic) bond motifs is 4. The maximum Gasteiger partial charge on any atom is 0.163 e. The number of methoxy groups -OCH3 is 1. The van der Waals surface area contributed by atoms with Crippen molar-refractivity contribution in [3.05, 3.63) is 47.5 Å². The van der Waals surface area contributed by atoms with Crippen LogP contribution in [0.2, 0.25) is 0 Å². The molecule has 4 nitrogen and oxygen atoms in total. The summed E-state index contributed by atoms with van der Waals surface area (Å²) in [6, 6.07) is 12.4. The van der Waals surface area contributed by atoms with Crippen LogP contribution >= 0.6 is 11.8 Å². The lowest BCUT2D eigenvalue weighted by molar-refractivity contribution is 0.356. The minimum absolute atomic E-state index is 0.203. The summed E-state index contributed by atoms with van der Waals surface area (Å²) in [5.41, 5.74) is 5.13. The highest BCUT2D eigenvalue weighted by molar-refractivity contribution is 7.98. The van der Waals surface area contributed by atoms with Gasteiger partial charge in [-0.3, -0.25) is 0 Å². The molecule has 1 N–H and O–H groups in total. The first-order valence-electron chi connectivity index (χ1n) is 8.18. The van der Waals surface area contributed by atoms with Gasteiger partial charge in [0.05, 0.1) is 18.3 Å². The fourth-order valence-electron chi connectivity index (χ4n) is 3.31. The van der Waals surface area contributed by atoms with Crippen molar-refractivity contribution < 1.29 is 9.84 Å². The van der Waals surface area contributed by atoms with Gasteiger partial charge in [-0.25, -0.2) is 4.98 Å². The first-order valence-corrected chi connectivity index (χ1v) is 9.16. The Hall–Kier alpha value is -2.24. The number of aromatic nitrogens is 1. The molecular weight excluding hydrogens is 332 g/mol. The second-order valence-electron chi connectivity index (χ2n) is 6.49. The Morgan fingerprint density at radius 1 is 1.24 bits per heavy atom. The van der Waals surface area contributed by atoms with Gasteiger partial charge < -0.3 is 14.7 Å². The van der Waals surface area contributed by atoms with Gasteiger partial charge in [0, 0.05) is 39.8 Å². The largest absolute Gasteiger partial charge is 0.504 e. The Morgan fingerprint density at radius 3 is 2.80 bits per heavy atom. The molecule has 0 bridgehead atoms. The summed E-state index contributed by atoms with van der Waals surface area (Å²) >= 11 is 1.83. The molecule has 2 aromatic carbocycles. The van der Waals surface area contributed by atoms with Gasteiger partial charge in [0.15, 0.2) is 11.5 Å². The molecule has 0 spiro atoms. The fraction of sp³-hybridized carbons (Fsp3) is 0.250. The third-order valence-corrected chi connectivity index (χ3v) is 5.59. The van der Waals surface area contributed by atoms with Crippen LogP contribution in [-0.2, 0) is 12.3 Å². The highest BCUT2D eigenvalue weighted by Gasteiger charge is 2.21. The molecule has 0 saturated carbocycles. The van der Waals surface area contributed by atoms with Crippen LogP contribution in [0.5, 0.6) is 11.5 Å². The van der Waals surface area contributed by atoms with Crippen LogP contribution in [0.3, 0.4) is 0 Å². The zero-order valence-corrected chi connectivity index (χ0v) is 15.4. The molecule has 0 atom stereocenters. The van der Waals surface area contributed by atoms with E-state index in [1.54, 1.807) is 7.11 Å². The van der Waals surface area contributed by atoms with Crippen LogP contribution in [0, 0.1) is 0 Å². The van der Waals surface area contributed by atoms with Gasteiger partial charge in [-0.1, -0.05) is 18.2 Å². The average Bonchev–Trinajstić information content (AvgIpc) is 2.62. The van der Waals surface area contributed by atoms with Crippen molar-refractivity contribution in [2.24, 2.45) is 0 Å². The van der Waals surface area contributed by atoms with E-state index in [4.69, 9.17) is 9.72 Å². The monoisotopic (exact) mass is 352 g/mol. The van der Waals surface area contributed by atoms with Gasteiger partial charge in [-0.2, -0.15) is 0 Å². The predicted octanol–water partition coefficient (Wildman–Crippen LogP) is 4.28. The number of phenolic OH excluding ortho intramolecular Hbond substituents is 1. The number of pyridine rings is 1. The number of nitrogens with zero attached hydrogens (tertiary/aromatic N) is 2. The molecule has 0 fully saturated rings. The Balaban J connectivity index is 2.00. The van der Waals surface area contributed by atoms with Crippen LogP contribution in [0.25, 0.3) is 22.2 Å². The van der Waals surface area contributed by atoms with Gasteiger partial charge >= 0.3 is 0 Å². The maximum atomic E-state index is 10.6. The maximum absolute atomic E-state index is 10.6. The Morgan fingerprint density at radius 2 is 2.04 bits per heavy atom. The normalized spacial score (nSPS) is 13.0. The van der Waals surface area contributed by atoms with Gasteiger partial charge in [0.1, 0.15) is 0 Å². The lowest BCUT2D eigenvalue weighted by Gasteiger charge is -2.21. The van der Waals surface area contributed by atoms with Crippen molar-refractivity contribution in [2.45, 2.75) is 17.2 Å². The number of phenols is 1. The molecule has 0 aliphatic carbocycles. The minimum atomic E-state index is 0.203. The van der Waals surface area contributed by atoms with E-state index in [-0.39, 0.29) is 5.75 Å². The van der Waals surface area contributed by atoms with Crippen molar-refractivity contribution in [2.75, 3.05) is 21.2 Å². The van der Waals surface area contributed by atoms with Gasteiger partial charge in [0.25, 0.3) is 0 Å². The zero-order chi connectivity index (χ0) is 17.6. The first-order chi connectivity index (χ1) is 12.1. The Bertz CT molecular complexity index is 970. The van der Waals surface area contributed by atoms with Gasteiger partial charge in [-0.15, -0.1) is 11.8 Å². The summed E-state index contributed by atoms with van der Waals surface area (Å²) in [5.74, 6) is 1.56. The topological polar surface area (TPSA) is 45.6 Å². The summed E-state index contributed by atoms with van der Waals surface area (Å²) in [5, 5.41) is 11.6. The molecule has 1 aromatic heterocycles. The first kappa shape index (κ1) is 16.2. The lowest BCUT2D eigenvalue weighted by Crippen LogP contribution is -2.12. The van der Waals surface area contributed by atoms with E-state index in [0.29, 0.717) is 12.3 Å². The zero-order valence-electron chi connectivity index (χ0n) is 14.5. The number of thioether (sulfide) groups is 1. The van der Waals surface area contributed by atoms with Crippen LogP contribution in [0.1, 0.15) is 11.1 Å². The quantitative estimate of drug-likeness (QED) is 0.762. The number of hydrogen-bond acceptors (Lipinski definition) is 5. The lowest BCUT2D eigenvalue weighted by atomic mass is 10.00. The second kappa shape index (κ2) is 6.24. The molecule has 128 valence electrons. The summed E-state index contributed by atoms with van der Waals surface area (Å²) in [4.78, 5) is 8.26. The Kier molecular flexibility index (Phi) is 4.06. The molecule has 5 heteroatoms. The fourth-order valence-corrected chi connectivity index (χ4v) is 4.33. The summed E-state index contributed by atoms with van der Waals surface area (Å²) in [7, 11) is 5.55. The molecule has 25 heavy (non-hydrogen) atoms. The molecule has 4 rings (SSSR count). The third-order valence-electron chi connectivity index (χ3n) is 4.46. The highest BCUT2D eigenvalue weighted by atomic mass is 32.2. The second-order valence-corrected chi connectivity index (χ2v) is 7.51. The van der Waals surface area contributed by atoms with E-state index in [2.05, 4.69) is 30.3 Å². The van der Waals surface area contributed by atoms with E-state index >= 15 is 0 Å². The van der Waals surface area contributed by atoms with Crippen LogP contribution in [0.4, 0.5) is 0 Å². The van der Waals surface area contributed by atoms with E-state index in [0.717, 1.165) is 27.9 Å². The number of benzene rings is 2. The molecule has 3 aromatic rings. The smallest absolute Gasteiger partial charge is 0.163 e. The molecule has 1 aliphatic rings. The molecular formula is C20H20N2O2S. The Labute approximate surface area is 151 Å². The van der Waals surface area contributed by atoms with E-state index in [9.17, 15) is 5.11 Å². The molecule has 0 unspecified atom stereocenters. The molecule has 0 amide bonds. The van der Waals surface area contributed by atoms with Crippen LogP contribution in [0.15, 0.2) is 41.3 Å². The van der Waals surface area contributed by atoms with Gasteiger partial charge in [-0.05, 0) is 31.8 Å². The van der Waals surface area contributed by atoms with Crippen molar-refractivity contribution in [1.29, 1.82) is 0 Å². The summed E-state index contributed by atoms with van der Waals surface area (Å²) in [6.45, 7) is 0.629. The molecule has 2 heterocycles. The van der Waals surface area contributed by atoms with Crippen molar-refractivity contribution >= 4 is 22.7 Å². The van der Waals surface area contributed by atoms with Crippen molar-refractivity contribution in [1.82, 2.24) is 9.88 Å². The predicted molar refractivity (Wildman–Crippen MR) is 102 cm³/mol. The third kappa shape index (κ3) is 2.73. The van der Waals surface area contributed by atoms with Crippen LogP contribution < -0.4 is 4.74 Å². The van der Waals surface area contributed by atoms with Crippen molar-refractivity contribution in [3.8, 4) is 22.8 Å². The van der Waals surface area contributed by atoms with Crippen molar-refractivity contribution in [3.63, 3.8) is 0 Å².